The van der Waals surface area contributed by atoms with Gasteiger partial charge in [-0.25, -0.2) is 4.39 Å². The molecule has 5 aromatic rings. The summed E-state index contributed by atoms with van der Waals surface area (Å²) in [5.41, 5.74) is 4.96. The van der Waals surface area contributed by atoms with Crippen LogP contribution in [0, 0.1) is 0 Å². The van der Waals surface area contributed by atoms with Crippen LogP contribution in [-0.4, -0.2) is 62.8 Å². The fourth-order valence-corrected chi connectivity index (χ4v) is 5.20. The van der Waals surface area contributed by atoms with Crippen molar-refractivity contribution in [2.45, 2.75) is 32.4 Å². The van der Waals surface area contributed by atoms with Crippen LogP contribution >= 0.6 is 0 Å². The summed E-state index contributed by atoms with van der Waals surface area (Å²) in [5.74, 6) is -0.625. The molecule has 1 fully saturated rings. The summed E-state index contributed by atoms with van der Waals surface area (Å²) in [7, 11) is 0. The molecule has 0 saturated carbocycles. The molecule has 2 aromatic carbocycles. The number of aromatic nitrogens is 5. The number of benzene rings is 2. The van der Waals surface area contributed by atoms with Crippen molar-refractivity contribution in [1.29, 1.82) is 0 Å². The van der Waals surface area contributed by atoms with Crippen molar-refractivity contribution in [2.24, 2.45) is 0 Å². The first-order valence-corrected chi connectivity index (χ1v) is 14.6. The maximum atomic E-state index is 13.2. The number of hydrogen-bond acceptors (Lipinski definition) is 9. The summed E-state index contributed by atoms with van der Waals surface area (Å²) in [6.45, 7) is 10.6. The molecule has 0 bridgehead atoms. The first-order chi connectivity index (χ1) is 21.4. The van der Waals surface area contributed by atoms with Crippen molar-refractivity contribution >= 4 is 39.9 Å². The third-order valence-electron chi connectivity index (χ3n) is 7.49. The number of morpholine rings is 1. The highest BCUT2D eigenvalue weighted by atomic mass is 19.1. The van der Waals surface area contributed by atoms with Gasteiger partial charge in [0, 0.05) is 54.6 Å². The standard InChI is InChI=1S/C32H34FN9O2/c1-19(2)27-18-38-42-29(27)40-31(36-17-24-16-34-12-13-44-24)41-32(42)37-15-22-6-4-5-7-25(22)28-26-9-8-23(39-30(43)20(3)33)14-21(26)10-11-35-28/h4-11,14,18-19,24,34H,3,12-13,15-17H2,1-2H3,(H,39,43)(H2,36,37,40,41). The van der Waals surface area contributed by atoms with Gasteiger partial charge in [0.05, 0.1) is 24.6 Å². The van der Waals surface area contributed by atoms with Crippen LogP contribution < -0.4 is 21.3 Å². The van der Waals surface area contributed by atoms with Crippen LogP contribution in [0.1, 0.15) is 30.9 Å². The molecule has 1 amide bonds. The molecule has 0 radical (unpaired) electrons. The van der Waals surface area contributed by atoms with Crippen molar-refractivity contribution in [2.75, 3.05) is 42.2 Å². The van der Waals surface area contributed by atoms with E-state index in [0.29, 0.717) is 37.3 Å². The minimum absolute atomic E-state index is 0.0324. The van der Waals surface area contributed by atoms with E-state index in [1.54, 1.807) is 22.8 Å². The van der Waals surface area contributed by atoms with Gasteiger partial charge >= 0.3 is 0 Å². The number of rotatable bonds is 10. The van der Waals surface area contributed by atoms with E-state index in [-0.39, 0.29) is 12.0 Å². The molecule has 1 aliphatic rings. The van der Waals surface area contributed by atoms with Crippen molar-refractivity contribution in [3.05, 3.63) is 84.5 Å². The van der Waals surface area contributed by atoms with Crippen molar-refractivity contribution < 1.29 is 13.9 Å². The van der Waals surface area contributed by atoms with Crippen LogP contribution in [0.25, 0.3) is 27.7 Å². The lowest BCUT2D eigenvalue weighted by molar-refractivity contribution is -0.114. The Kier molecular flexibility index (Phi) is 8.44. The van der Waals surface area contributed by atoms with Gasteiger partial charge in [-0.05, 0) is 35.1 Å². The van der Waals surface area contributed by atoms with Gasteiger partial charge < -0.3 is 26.0 Å². The Morgan fingerprint density at radius 2 is 2.05 bits per heavy atom. The second-order valence-corrected chi connectivity index (χ2v) is 10.9. The first kappa shape index (κ1) is 29.1. The molecule has 3 aromatic heterocycles. The summed E-state index contributed by atoms with van der Waals surface area (Å²) in [5, 5.41) is 19.0. The number of carbonyl (C=O) groups excluding carboxylic acids is 1. The monoisotopic (exact) mass is 595 g/mol. The number of fused-ring (bicyclic) bond motifs is 2. The smallest absolute Gasteiger partial charge is 0.283 e. The second kappa shape index (κ2) is 12.7. The number of nitrogens with zero attached hydrogens (tertiary/aromatic N) is 5. The third-order valence-corrected chi connectivity index (χ3v) is 7.49. The number of ether oxygens (including phenoxy) is 1. The van der Waals surface area contributed by atoms with Crippen molar-refractivity contribution in [1.82, 2.24) is 29.9 Å². The minimum atomic E-state index is -1.04. The molecule has 226 valence electrons. The number of anilines is 3. The Labute approximate surface area is 254 Å². The van der Waals surface area contributed by atoms with E-state index in [9.17, 15) is 9.18 Å². The molecule has 0 aliphatic carbocycles. The average molecular weight is 596 g/mol. The Morgan fingerprint density at radius 3 is 2.84 bits per heavy atom. The molecule has 4 N–H and O–H groups in total. The normalized spacial score (nSPS) is 15.0. The highest BCUT2D eigenvalue weighted by Crippen LogP contribution is 2.31. The van der Waals surface area contributed by atoms with Crippen LogP contribution in [-0.2, 0) is 16.1 Å². The average Bonchev–Trinajstić information content (AvgIpc) is 3.47. The number of pyridine rings is 1. The van der Waals surface area contributed by atoms with Crippen LogP contribution in [0.3, 0.4) is 0 Å². The fraction of sp³-hybridized carbons (Fsp3) is 0.281. The molecule has 44 heavy (non-hydrogen) atoms. The summed E-state index contributed by atoms with van der Waals surface area (Å²) in [6, 6.07) is 15.2. The summed E-state index contributed by atoms with van der Waals surface area (Å²) < 4.78 is 20.8. The molecule has 1 saturated heterocycles. The molecule has 6 rings (SSSR count). The van der Waals surface area contributed by atoms with E-state index in [0.717, 1.165) is 51.9 Å². The van der Waals surface area contributed by atoms with E-state index >= 15 is 0 Å². The predicted octanol–water partition coefficient (Wildman–Crippen LogP) is 4.90. The van der Waals surface area contributed by atoms with Gasteiger partial charge in [-0.2, -0.15) is 19.6 Å². The van der Waals surface area contributed by atoms with Gasteiger partial charge in [-0.3, -0.25) is 9.78 Å². The minimum Gasteiger partial charge on any atom is -0.374 e. The molecular weight excluding hydrogens is 561 g/mol. The Balaban J connectivity index is 1.29. The van der Waals surface area contributed by atoms with Gasteiger partial charge in [-0.1, -0.05) is 50.8 Å². The molecule has 0 spiro atoms. The van der Waals surface area contributed by atoms with Crippen LogP contribution in [0.4, 0.5) is 22.0 Å². The Hall–Kier alpha value is -4.94. The van der Waals surface area contributed by atoms with E-state index < -0.39 is 11.7 Å². The second-order valence-electron chi connectivity index (χ2n) is 10.9. The molecule has 11 nitrogen and oxygen atoms in total. The van der Waals surface area contributed by atoms with Gasteiger partial charge in [0.1, 0.15) is 0 Å². The van der Waals surface area contributed by atoms with E-state index in [2.05, 4.69) is 46.8 Å². The molecule has 1 atom stereocenters. The van der Waals surface area contributed by atoms with Crippen LogP contribution in [0.15, 0.2) is 73.3 Å². The molecule has 1 aliphatic heterocycles. The highest BCUT2D eigenvalue weighted by Gasteiger charge is 2.18. The van der Waals surface area contributed by atoms with E-state index in [4.69, 9.17) is 19.7 Å². The van der Waals surface area contributed by atoms with Gasteiger partial charge in [0.2, 0.25) is 11.9 Å². The number of nitrogens with one attached hydrogen (secondary N) is 4. The van der Waals surface area contributed by atoms with Crippen molar-refractivity contribution in [3.8, 4) is 11.3 Å². The highest BCUT2D eigenvalue weighted by molar-refractivity contribution is 6.04. The maximum Gasteiger partial charge on any atom is 0.283 e. The maximum absolute atomic E-state index is 13.2. The number of carbonyl (C=O) groups is 1. The lowest BCUT2D eigenvalue weighted by atomic mass is 9.99. The van der Waals surface area contributed by atoms with Crippen molar-refractivity contribution in [3.63, 3.8) is 0 Å². The molecule has 1 unspecified atom stereocenters. The zero-order valence-electron chi connectivity index (χ0n) is 24.6. The van der Waals surface area contributed by atoms with Gasteiger partial charge in [-0.15, -0.1) is 0 Å². The predicted molar refractivity (Wildman–Crippen MR) is 169 cm³/mol. The van der Waals surface area contributed by atoms with E-state index in [1.165, 1.54) is 0 Å². The lowest BCUT2D eigenvalue weighted by Crippen LogP contribution is -2.42. The van der Waals surface area contributed by atoms with Gasteiger partial charge in [0.25, 0.3) is 5.91 Å². The van der Waals surface area contributed by atoms with E-state index in [1.807, 2.05) is 42.6 Å². The zero-order chi connectivity index (χ0) is 30.6. The first-order valence-electron chi connectivity index (χ1n) is 14.6. The Morgan fingerprint density at radius 1 is 1.18 bits per heavy atom. The Bertz CT molecular complexity index is 1830. The fourth-order valence-electron chi connectivity index (χ4n) is 5.20. The van der Waals surface area contributed by atoms with Crippen LogP contribution in [0.5, 0.6) is 0 Å². The third kappa shape index (κ3) is 6.21. The number of hydrogen-bond donors (Lipinski definition) is 4. The summed E-state index contributed by atoms with van der Waals surface area (Å²) in [4.78, 5) is 26.1. The molecular formula is C32H34FN9O2. The lowest BCUT2D eigenvalue weighted by Gasteiger charge is -2.23. The molecule has 4 heterocycles. The summed E-state index contributed by atoms with van der Waals surface area (Å²) in [6.07, 6.45) is 3.59. The van der Waals surface area contributed by atoms with Gasteiger partial charge in [0.15, 0.2) is 11.5 Å². The topological polar surface area (TPSA) is 130 Å². The largest absolute Gasteiger partial charge is 0.374 e. The number of halogens is 1. The van der Waals surface area contributed by atoms with Crippen LogP contribution in [0.2, 0.25) is 0 Å². The zero-order valence-corrected chi connectivity index (χ0v) is 24.6. The quantitative estimate of drug-likeness (QED) is 0.167. The number of amides is 1. The summed E-state index contributed by atoms with van der Waals surface area (Å²) >= 11 is 0. The SMILES string of the molecule is C=C(F)C(=O)Nc1ccc2c(-c3ccccc3CNc3nc(NCC4CNCCO4)nc4c(C(C)C)cnn34)nccc2c1. The molecule has 12 heteroatoms.